The van der Waals surface area contributed by atoms with E-state index in [-0.39, 0.29) is 25.7 Å². The van der Waals surface area contributed by atoms with Crippen molar-refractivity contribution >= 4 is 39.5 Å². The van der Waals surface area contributed by atoms with Crippen molar-refractivity contribution in [3.05, 3.63) is 182 Å². The van der Waals surface area contributed by atoms with E-state index in [0.29, 0.717) is 32.1 Å². The molecule has 0 fully saturated rings. The van der Waals surface area contributed by atoms with Gasteiger partial charge in [-0.1, -0.05) is 274 Å². The van der Waals surface area contributed by atoms with Crippen LogP contribution in [0.15, 0.2) is 182 Å². The summed E-state index contributed by atoms with van der Waals surface area (Å²) in [4.78, 5) is 73.1. The standard InChI is InChI=1S/C89H144O17P2/c1-5-9-13-17-21-25-29-33-36-39-41-44-47-51-54-58-62-66-70-74-87(92)100-80-85(106-89(94)76-72-68-64-60-56-52-48-45-42-40-37-34-30-26-22-18-14-10-6-2)82-104-108(97,98)102-78-83(90)77-101-107(95,96)103-81-84(105-88(93)75-71-67-63-59-55-49-32-28-24-20-16-12-8-4)79-99-86(91)73-69-65-61-57-53-50-46-43-38-35-31-27-23-19-15-11-7-3/h9-10,13-14,21-23,25-28,32-38,41-42,44-46,50-52,54,56-57,61,83-85,90H,5-8,11-12,15-20,24,29-31,39-40,43,47-49,53,55,58-60,62-82H2,1-4H3,(H,95,96)(H,97,98)/b13-9-,14-10-,25-21-,26-22-,27-23-,32-28-,36-33-,37-34-,38-35-,44-41-,45-42-,50-46-,54-51-,56-52-,61-57-/t83-,84+,85+/m0/s1. The monoisotopic (exact) mass is 1550 g/mol. The van der Waals surface area contributed by atoms with E-state index >= 15 is 0 Å². The molecule has 0 aliphatic carbocycles. The molecule has 19 heteroatoms. The Morgan fingerprint density at radius 2 is 0.491 bits per heavy atom. The first kappa shape index (κ1) is 102. The van der Waals surface area contributed by atoms with Gasteiger partial charge in [-0.3, -0.25) is 37.3 Å². The highest BCUT2D eigenvalue weighted by Gasteiger charge is 2.30. The summed E-state index contributed by atoms with van der Waals surface area (Å²) in [6, 6.07) is 0. The van der Waals surface area contributed by atoms with Gasteiger partial charge in [-0.05, 0) is 180 Å². The Labute approximate surface area is 654 Å². The van der Waals surface area contributed by atoms with Crippen molar-refractivity contribution in [2.24, 2.45) is 0 Å². The van der Waals surface area contributed by atoms with E-state index in [9.17, 15) is 43.2 Å². The molecule has 0 aromatic rings. The number of aliphatic hydroxyl groups is 1. The zero-order valence-electron chi connectivity index (χ0n) is 66.9. The van der Waals surface area contributed by atoms with Crippen molar-refractivity contribution in [3.8, 4) is 0 Å². The maximum absolute atomic E-state index is 13.1. The van der Waals surface area contributed by atoms with Gasteiger partial charge < -0.3 is 33.8 Å². The normalized spacial score (nSPS) is 14.8. The number of carbonyl (C=O) groups is 4. The lowest BCUT2D eigenvalue weighted by Crippen LogP contribution is -2.30. The fraction of sp³-hybridized carbons (Fsp3) is 0.618. The number of hydrogen-bond donors (Lipinski definition) is 3. The Bertz CT molecular complexity index is 2760. The second-order valence-electron chi connectivity index (χ2n) is 26.6. The van der Waals surface area contributed by atoms with E-state index in [1.165, 1.54) is 44.9 Å². The number of unbranched alkanes of at least 4 members (excludes halogenated alkanes) is 19. The Morgan fingerprint density at radius 3 is 0.815 bits per heavy atom. The molecule has 108 heavy (non-hydrogen) atoms. The lowest BCUT2D eigenvalue weighted by Gasteiger charge is -2.21. The molecule has 0 heterocycles. The minimum Gasteiger partial charge on any atom is -0.462 e. The molecule has 612 valence electrons. The molecule has 17 nitrogen and oxygen atoms in total. The van der Waals surface area contributed by atoms with Crippen molar-refractivity contribution in [3.63, 3.8) is 0 Å². The summed E-state index contributed by atoms with van der Waals surface area (Å²) in [6.45, 7) is 4.44. The minimum absolute atomic E-state index is 0.0392. The molecule has 0 saturated carbocycles. The van der Waals surface area contributed by atoms with Gasteiger partial charge in [0.15, 0.2) is 12.2 Å². The van der Waals surface area contributed by atoms with Gasteiger partial charge in [0.1, 0.15) is 19.3 Å². The van der Waals surface area contributed by atoms with Crippen LogP contribution in [0.2, 0.25) is 0 Å². The van der Waals surface area contributed by atoms with Crippen molar-refractivity contribution in [2.75, 3.05) is 39.6 Å². The van der Waals surface area contributed by atoms with Crippen LogP contribution in [0.3, 0.4) is 0 Å². The van der Waals surface area contributed by atoms with Gasteiger partial charge in [0.2, 0.25) is 0 Å². The molecule has 0 saturated heterocycles. The van der Waals surface area contributed by atoms with E-state index in [4.69, 9.17) is 37.0 Å². The third kappa shape index (κ3) is 78.3. The maximum atomic E-state index is 13.1. The first-order valence-electron chi connectivity index (χ1n) is 41.0. The highest BCUT2D eigenvalue weighted by Crippen LogP contribution is 2.45. The molecule has 0 spiro atoms. The van der Waals surface area contributed by atoms with Crippen molar-refractivity contribution < 1.29 is 80.2 Å². The largest absolute Gasteiger partial charge is 0.472 e. The molecule has 0 aliphatic rings. The predicted octanol–water partition coefficient (Wildman–Crippen LogP) is 24.3. The molecular formula is C89H144O17P2. The van der Waals surface area contributed by atoms with Crippen LogP contribution in [-0.2, 0) is 65.4 Å². The highest BCUT2D eigenvalue weighted by atomic mass is 31.2. The van der Waals surface area contributed by atoms with Crippen molar-refractivity contribution in [2.45, 2.75) is 316 Å². The van der Waals surface area contributed by atoms with Gasteiger partial charge in [-0.2, -0.15) is 0 Å². The van der Waals surface area contributed by atoms with E-state index in [1.54, 1.807) is 0 Å². The van der Waals surface area contributed by atoms with Crippen LogP contribution in [0.5, 0.6) is 0 Å². The highest BCUT2D eigenvalue weighted by molar-refractivity contribution is 7.47. The lowest BCUT2D eigenvalue weighted by atomic mass is 10.1. The number of ether oxygens (including phenoxy) is 4. The van der Waals surface area contributed by atoms with Gasteiger partial charge in [0.25, 0.3) is 0 Å². The third-order valence-electron chi connectivity index (χ3n) is 16.3. The molecule has 0 rings (SSSR count). The first-order chi connectivity index (χ1) is 52.7. The van der Waals surface area contributed by atoms with E-state index in [2.05, 4.69) is 198 Å². The van der Waals surface area contributed by atoms with Crippen LogP contribution in [0.1, 0.15) is 297 Å². The molecule has 0 aromatic carbocycles. The second-order valence-corrected chi connectivity index (χ2v) is 29.5. The number of carbonyl (C=O) groups excluding carboxylic acids is 4. The Balaban J connectivity index is 5.50. The summed E-state index contributed by atoms with van der Waals surface area (Å²) in [5.74, 6) is -2.34. The average molecular weight is 1550 g/mol. The van der Waals surface area contributed by atoms with E-state index in [1.807, 2.05) is 12.2 Å². The Kier molecular flexibility index (Phi) is 75.0. The summed E-state index contributed by atoms with van der Waals surface area (Å²) < 4.78 is 68.6. The van der Waals surface area contributed by atoms with Crippen LogP contribution in [0, 0.1) is 0 Å². The smallest absolute Gasteiger partial charge is 0.462 e. The summed E-state index contributed by atoms with van der Waals surface area (Å²) in [7, 11) is -10.0. The van der Waals surface area contributed by atoms with Gasteiger partial charge >= 0.3 is 39.5 Å². The van der Waals surface area contributed by atoms with Crippen LogP contribution < -0.4 is 0 Å². The van der Waals surface area contributed by atoms with Crippen LogP contribution >= 0.6 is 15.6 Å². The lowest BCUT2D eigenvalue weighted by molar-refractivity contribution is -0.161. The molecule has 0 amide bonds. The molecule has 5 atom stereocenters. The van der Waals surface area contributed by atoms with Crippen molar-refractivity contribution in [1.82, 2.24) is 0 Å². The quantitative estimate of drug-likeness (QED) is 0.0169. The molecule has 0 aliphatic heterocycles. The summed E-state index contributed by atoms with van der Waals surface area (Å²) in [5.41, 5.74) is 0. The summed E-state index contributed by atoms with van der Waals surface area (Å²) in [6.07, 6.45) is 95.9. The number of phosphoric acid groups is 2. The second kappa shape index (κ2) is 79.3. The van der Waals surface area contributed by atoms with Gasteiger partial charge in [-0.25, -0.2) is 9.13 Å². The Morgan fingerprint density at radius 1 is 0.269 bits per heavy atom. The third-order valence-corrected chi connectivity index (χ3v) is 18.2. The summed E-state index contributed by atoms with van der Waals surface area (Å²) in [5, 5.41) is 10.7. The fourth-order valence-corrected chi connectivity index (χ4v) is 11.7. The number of phosphoric ester groups is 2. The number of allylic oxidation sites excluding steroid dienone is 30. The number of hydrogen-bond acceptors (Lipinski definition) is 15. The number of rotatable bonds is 75. The molecule has 2 unspecified atom stereocenters. The Hall–Kier alpha value is -5.84. The number of esters is 4. The SMILES string of the molecule is CC/C=C\C/C=C\C/C=C\C/C=C\C/C=C\CCCCCC(=O)OC[C@H](COP(=O)(O)OC[C@@H](O)COP(=O)(O)OC[C@@H](COC(=O)CCC/C=C\C/C=C\C/C=C\C/C=C\CCCCC)OC(=O)CCCCCCC/C=C\CCCCCC)OC(=O)CCCCC/C=C\C/C=C\C/C=C\C/C=C\C/C=C\CC. The molecule has 0 bridgehead atoms. The van der Waals surface area contributed by atoms with Gasteiger partial charge in [0.05, 0.1) is 26.4 Å². The van der Waals surface area contributed by atoms with Crippen LogP contribution in [0.25, 0.3) is 0 Å². The fourth-order valence-electron chi connectivity index (χ4n) is 10.1. The molecular weight excluding hydrogens is 1400 g/mol. The molecule has 0 radical (unpaired) electrons. The zero-order valence-corrected chi connectivity index (χ0v) is 68.7. The van der Waals surface area contributed by atoms with E-state index in [0.717, 1.165) is 167 Å². The topological polar surface area (TPSA) is 237 Å². The predicted molar refractivity (Wildman–Crippen MR) is 445 cm³/mol. The first-order valence-corrected chi connectivity index (χ1v) is 44.0. The average Bonchev–Trinajstić information content (AvgIpc) is 0.892. The minimum atomic E-state index is -5.01. The van der Waals surface area contributed by atoms with Gasteiger partial charge in [0, 0.05) is 25.7 Å². The zero-order chi connectivity index (χ0) is 78.9. The van der Waals surface area contributed by atoms with Crippen molar-refractivity contribution in [1.29, 1.82) is 0 Å². The number of aliphatic hydroxyl groups excluding tert-OH is 1. The summed E-state index contributed by atoms with van der Waals surface area (Å²) >= 11 is 0. The van der Waals surface area contributed by atoms with Crippen LogP contribution in [-0.4, -0.2) is 96.7 Å². The molecule has 0 aromatic heterocycles. The van der Waals surface area contributed by atoms with Gasteiger partial charge in [-0.15, -0.1) is 0 Å². The van der Waals surface area contributed by atoms with Crippen LogP contribution in [0.4, 0.5) is 0 Å². The van der Waals surface area contributed by atoms with E-state index < -0.39 is 97.5 Å². The maximum Gasteiger partial charge on any atom is 0.472 e. The molecule has 3 N–H and O–H groups in total.